The lowest BCUT2D eigenvalue weighted by molar-refractivity contribution is -0.137. The van der Waals surface area contributed by atoms with Crippen LogP contribution in [0.2, 0.25) is 5.02 Å². The number of aromatic nitrogens is 2. The first-order chi connectivity index (χ1) is 20.4. The Morgan fingerprint density at radius 1 is 0.976 bits per heavy atom. The molecule has 0 bridgehead atoms. The summed E-state index contributed by atoms with van der Waals surface area (Å²) in [6, 6.07) is 25.9. The fraction of sp³-hybridized carbons (Fsp3) is 0.294. The first-order valence-corrected chi connectivity index (χ1v) is 14.7. The van der Waals surface area contributed by atoms with Crippen molar-refractivity contribution in [2.45, 2.75) is 45.1 Å². The van der Waals surface area contributed by atoms with Crippen LogP contribution in [0.25, 0.3) is 0 Å². The molecule has 1 aliphatic rings. The number of aryl methyl sites for hydroxylation is 3. The molecule has 7 nitrogen and oxygen atoms in total. The molecule has 0 spiro atoms. The van der Waals surface area contributed by atoms with Gasteiger partial charge in [-0.3, -0.25) is 9.59 Å². The van der Waals surface area contributed by atoms with E-state index < -0.39 is 12.5 Å². The molecule has 0 aliphatic carbocycles. The molecule has 1 atom stereocenters. The predicted molar refractivity (Wildman–Crippen MR) is 165 cm³/mol. The summed E-state index contributed by atoms with van der Waals surface area (Å²) in [6.45, 7) is 2.76. The molecule has 2 heterocycles. The van der Waals surface area contributed by atoms with Crippen molar-refractivity contribution >= 4 is 29.4 Å². The highest BCUT2D eigenvalue weighted by atomic mass is 35.5. The largest absolute Gasteiger partial charge is 0.480 e. The minimum absolute atomic E-state index is 0.113. The van der Waals surface area contributed by atoms with Crippen molar-refractivity contribution in [3.8, 4) is 0 Å². The van der Waals surface area contributed by atoms with Gasteiger partial charge in [0, 0.05) is 24.3 Å². The second kappa shape index (κ2) is 13.6. The number of carbonyl (C=O) groups is 2. The average Bonchev–Trinajstić information content (AvgIpc) is 3.49. The Morgan fingerprint density at radius 3 is 2.45 bits per heavy atom. The molecule has 1 unspecified atom stereocenters. The maximum atomic E-state index is 13.9. The van der Waals surface area contributed by atoms with Gasteiger partial charge >= 0.3 is 5.97 Å². The van der Waals surface area contributed by atoms with Crippen molar-refractivity contribution in [1.82, 2.24) is 14.9 Å². The van der Waals surface area contributed by atoms with Crippen LogP contribution < -0.4 is 4.90 Å². The van der Waals surface area contributed by atoms with Gasteiger partial charge in [-0.25, -0.2) is 9.97 Å². The number of amides is 1. The van der Waals surface area contributed by atoms with Crippen LogP contribution in [0.1, 0.15) is 57.2 Å². The Bertz CT molecular complexity index is 1530. The number of rotatable bonds is 11. The molecule has 8 heteroatoms. The fourth-order valence-electron chi connectivity index (χ4n) is 5.59. The van der Waals surface area contributed by atoms with Crippen LogP contribution in [0.5, 0.6) is 0 Å². The lowest BCUT2D eigenvalue weighted by Crippen LogP contribution is -2.38. The summed E-state index contributed by atoms with van der Waals surface area (Å²) >= 11 is 6.14. The summed E-state index contributed by atoms with van der Waals surface area (Å²) in [6.07, 6.45) is 5.34. The minimum Gasteiger partial charge on any atom is -0.480 e. The molecule has 1 fully saturated rings. The summed E-state index contributed by atoms with van der Waals surface area (Å²) in [5.41, 5.74) is 5.53. The third-order valence-corrected chi connectivity index (χ3v) is 8.12. The van der Waals surface area contributed by atoms with E-state index in [1.54, 1.807) is 6.20 Å². The number of carboxylic acids is 1. The number of aliphatic carboxylic acids is 1. The van der Waals surface area contributed by atoms with Gasteiger partial charge in [-0.1, -0.05) is 78.3 Å². The van der Waals surface area contributed by atoms with Gasteiger partial charge in [-0.05, 0) is 73.4 Å². The molecular weight excluding hydrogens is 548 g/mol. The summed E-state index contributed by atoms with van der Waals surface area (Å²) in [4.78, 5) is 38.9. The molecule has 5 rings (SSSR count). The number of nitrogens with zero attached hydrogens (tertiary/aromatic N) is 4. The van der Waals surface area contributed by atoms with E-state index in [0.717, 1.165) is 30.5 Å². The molecule has 216 valence electrons. The molecule has 1 N–H and O–H groups in total. The molecule has 3 aromatic carbocycles. The van der Waals surface area contributed by atoms with Crippen molar-refractivity contribution in [2.75, 3.05) is 24.5 Å². The molecule has 0 radical (unpaired) electrons. The first-order valence-electron chi connectivity index (χ1n) is 14.4. The van der Waals surface area contributed by atoms with Gasteiger partial charge in [0.15, 0.2) is 0 Å². The van der Waals surface area contributed by atoms with Gasteiger partial charge < -0.3 is 14.9 Å². The average molecular weight is 583 g/mol. The van der Waals surface area contributed by atoms with Crippen LogP contribution in [0.3, 0.4) is 0 Å². The van der Waals surface area contributed by atoms with E-state index in [1.807, 2.05) is 66.7 Å². The van der Waals surface area contributed by atoms with Crippen LogP contribution in [-0.4, -0.2) is 51.5 Å². The molecule has 4 aromatic rings. The molecule has 1 aliphatic heterocycles. The zero-order chi connectivity index (χ0) is 29.5. The van der Waals surface area contributed by atoms with Crippen molar-refractivity contribution in [3.63, 3.8) is 0 Å². The number of benzene rings is 3. The Balaban J connectivity index is 1.46. The van der Waals surface area contributed by atoms with Gasteiger partial charge in [-0.2, -0.15) is 0 Å². The van der Waals surface area contributed by atoms with Crippen LogP contribution >= 0.6 is 11.6 Å². The normalized spacial score (nSPS) is 14.6. The molecule has 42 heavy (non-hydrogen) atoms. The third-order valence-electron chi connectivity index (χ3n) is 7.87. The Morgan fingerprint density at radius 2 is 1.71 bits per heavy atom. The standard InChI is InChI=1S/C34H35ClN4O3/c1-24-8-5-6-11-26(24)15-18-30-29(33(42)38(23-32(40)41)21-19-25-9-3-2-4-10-25)22-36-34(37-30)39-20-7-12-31(39)27-13-16-28(35)17-14-27/h2-6,8-11,13-14,16-17,22,31H,7,12,15,18-21,23H2,1H3,(H,40,41). The van der Waals surface area contributed by atoms with E-state index >= 15 is 0 Å². The third kappa shape index (κ3) is 7.15. The van der Waals surface area contributed by atoms with Gasteiger partial charge in [0.05, 0.1) is 17.3 Å². The zero-order valence-electron chi connectivity index (χ0n) is 23.7. The fourth-order valence-corrected chi connectivity index (χ4v) is 5.72. The molecule has 1 aromatic heterocycles. The lowest BCUT2D eigenvalue weighted by Gasteiger charge is -2.27. The maximum absolute atomic E-state index is 13.9. The SMILES string of the molecule is Cc1ccccc1CCc1nc(N2CCCC2c2ccc(Cl)cc2)ncc1C(=O)N(CCc1ccccc1)CC(=O)O. The molecular formula is C34H35ClN4O3. The summed E-state index contributed by atoms with van der Waals surface area (Å²) in [5.74, 6) is -0.841. The molecule has 1 saturated heterocycles. The molecule has 1 amide bonds. The maximum Gasteiger partial charge on any atom is 0.323 e. The van der Waals surface area contributed by atoms with Gasteiger partial charge in [0.2, 0.25) is 5.95 Å². The Kier molecular flexibility index (Phi) is 9.49. The summed E-state index contributed by atoms with van der Waals surface area (Å²) < 4.78 is 0. The summed E-state index contributed by atoms with van der Waals surface area (Å²) in [5, 5.41) is 10.3. The van der Waals surface area contributed by atoms with Gasteiger partial charge in [-0.15, -0.1) is 0 Å². The second-order valence-electron chi connectivity index (χ2n) is 10.7. The van der Waals surface area contributed by atoms with E-state index in [1.165, 1.54) is 16.0 Å². The van der Waals surface area contributed by atoms with E-state index in [2.05, 4.69) is 28.9 Å². The van der Waals surface area contributed by atoms with E-state index in [4.69, 9.17) is 16.6 Å². The monoisotopic (exact) mass is 582 g/mol. The number of anilines is 1. The highest BCUT2D eigenvalue weighted by Crippen LogP contribution is 2.35. The van der Waals surface area contributed by atoms with E-state index in [-0.39, 0.29) is 18.5 Å². The highest BCUT2D eigenvalue weighted by Gasteiger charge is 2.30. The number of hydrogen-bond acceptors (Lipinski definition) is 5. The highest BCUT2D eigenvalue weighted by molar-refractivity contribution is 6.30. The van der Waals surface area contributed by atoms with Crippen LogP contribution in [0, 0.1) is 6.92 Å². The second-order valence-corrected chi connectivity index (χ2v) is 11.2. The number of hydrogen-bond donors (Lipinski definition) is 1. The lowest BCUT2D eigenvalue weighted by atomic mass is 10.0. The van der Waals surface area contributed by atoms with Crippen LogP contribution in [-0.2, 0) is 24.1 Å². The van der Waals surface area contributed by atoms with E-state index in [9.17, 15) is 14.7 Å². The van der Waals surface area contributed by atoms with Crippen molar-refractivity contribution in [1.29, 1.82) is 0 Å². The topological polar surface area (TPSA) is 86.6 Å². The van der Waals surface area contributed by atoms with Crippen molar-refractivity contribution in [3.05, 3.63) is 124 Å². The minimum atomic E-state index is -1.06. The van der Waals surface area contributed by atoms with Crippen LogP contribution in [0.4, 0.5) is 5.95 Å². The Hall–Kier alpha value is -4.23. The predicted octanol–water partition coefficient (Wildman–Crippen LogP) is 6.33. The van der Waals surface area contributed by atoms with E-state index in [0.29, 0.717) is 41.5 Å². The van der Waals surface area contributed by atoms with Crippen molar-refractivity contribution in [2.24, 2.45) is 0 Å². The van der Waals surface area contributed by atoms with Crippen LogP contribution in [0.15, 0.2) is 85.1 Å². The summed E-state index contributed by atoms with van der Waals surface area (Å²) in [7, 11) is 0. The smallest absolute Gasteiger partial charge is 0.323 e. The van der Waals surface area contributed by atoms with Gasteiger partial charge in [0.25, 0.3) is 5.91 Å². The van der Waals surface area contributed by atoms with Crippen molar-refractivity contribution < 1.29 is 14.7 Å². The quantitative estimate of drug-likeness (QED) is 0.222. The first kappa shape index (κ1) is 29.3. The number of halogens is 1. The zero-order valence-corrected chi connectivity index (χ0v) is 24.5. The number of carbonyl (C=O) groups excluding carboxylic acids is 1. The van der Waals surface area contributed by atoms with Gasteiger partial charge in [0.1, 0.15) is 6.54 Å². The molecule has 0 saturated carbocycles. The number of carboxylic acid groups (broad SMARTS) is 1. The Labute approximate surface area is 251 Å².